The standard InChI is InChI=1S/C20H30N2O6/c1-20(2,3)28-19(25)21-17(14-27-12-15-7-5-4-6-8-15)18(24)22-9-10-26-13-16(22)11-23/h4-8,16-17,23H,9-14H2,1-3H3,(H,21,25). The number of carbonyl (C=O) groups is 2. The van der Waals surface area contributed by atoms with Crippen LogP contribution in [0.1, 0.15) is 26.3 Å². The predicted molar refractivity (Wildman–Crippen MR) is 103 cm³/mol. The number of rotatable bonds is 7. The minimum atomic E-state index is -0.925. The molecule has 1 heterocycles. The van der Waals surface area contributed by atoms with Crippen molar-refractivity contribution in [2.75, 3.05) is 33.0 Å². The summed E-state index contributed by atoms with van der Waals surface area (Å²) >= 11 is 0. The Balaban J connectivity index is 2.03. The first-order valence-electron chi connectivity index (χ1n) is 9.40. The highest BCUT2D eigenvalue weighted by Crippen LogP contribution is 2.11. The molecule has 0 spiro atoms. The lowest BCUT2D eigenvalue weighted by Gasteiger charge is -2.36. The molecule has 1 aliphatic heterocycles. The number of benzene rings is 1. The van der Waals surface area contributed by atoms with Crippen LogP contribution in [0.3, 0.4) is 0 Å². The molecule has 1 fully saturated rings. The number of ether oxygens (including phenoxy) is 3. The normalized spacial score (nSPS) is 18.4. The van der Waals surface area contributed by atoms with Crippen LogP contribution in [-0.2, 0) is 25.6 Å². The average molecular weight is 394 g/mol. The van der Waals surface area contributed by atoms with Crippen molar-refractivity contribution >= 4 is 12.0 Å². The van der Waals surface area contributed by atoms with E-state index in [2.05, 4.69) is 5.32 Å². The summed E-state index contributed by atoms with van der Waals surface area (Å²) in [5, 5.41) is 12.1. The maximum absolute atomic E-state index is 13.0. The summed E-state index contributed by atoms with van der Waals surface area (Å²) < 4.78 is 16.3. The summed E-state index contributed by atoms with van der Waals surface area (Å²) in [7, 11) is 0. The molecule has 8 nitrogen and oxygen atoms in total. The van der Waals surface area contributed by atoms with E-state index in [-0.39, 0.29) is 25.7 Å². The van der Waals surface area contributed by atoms with Gasteiger partial charge in [0.15, 0.2) is 0 Å². The highest BCUT2D eigenvalue weighted by atomic mass is 16.6. The first kappa shape index (κ1) is 22.1. The van der Waals surface area contributed by atoms with Crippen LogP contribution in [0.2, 0.25) is 0 Å². The molecule has 1 aliphatic rings. The number of morpholine rings is 1. The number of aliphatic hydroxyl groups excluding tert-OH is 1. The third-order valence-corrected chi connectivity index (χ3v) is 4.11. The summed E-state index contributed by atoms with van der Waals surface area (Å²) in [5.74, 6) is -0.332. The molecular weight excluding hydrogens is 364 g/mol. The van der Waals surface area contributed by atoms with Crippen LogP contribution >= 0.6 is 0 Å². The van der Waals surface area contributed by atoms with Crippen molar-refractivity contribution < 1.29 is 28.9 Å². The Morgan fingerprint density at radius 3 is 2.68 bits per heavy atom. The second kappa shape index (κ2) is 10.4. The van der Waals surface area contributed by atoms with Crippen molar-refractivity contribution in [1.29, 1.82) is 0 Å². The van der Waals surface area contributed by atoms with Gasteiger partial charge in [-0.15, -0.1) is 0 Å². The largest absolute Gasteiger partial charge is 0.444 e. The maximum atomic E-state index is 13.0. The van der Waals surface area contributed by atoms with Crippen molar-refractivity contribution in [2.45, 2.75) is 45.1 Å². The van der Waals surface area contributed by atoms with Crippen molar-refractivity contribution in [3.63, 3.8) is 0 Å². The molecule has 1 saturated heterocycles. The van der Waals surface area contributed by atoms with Crippen molar-refractivity contribution in [2.24, 2.45) is 0 Å². The molecule has 2 amide bonds. The molecule has 0 bridgehead atoms. The molecule has 0 radical (unpaired) electrons. The van der Waals surface area contributed by atoms with Gasteiger partial charge in [-0.25, -0.2) is 4.79 Å². The third-order valence-electron chi connectivity index (χ3n) is 4.11. The maximum Gasteiger partial charge on any atom is 0.408 e. The van der Waals surface area contributed by atoms with Gasteiger partial charge in [0, 0.05) is 6.54 Å². The van der Waals surface area contributed by atoms with E-state index < -0.39 is 23.8 Å². The summed E-state index contributed by atoms with van der Waals surface area (Å²) in [5.41, 5.74) is 0.278. The first-order valence-corrected chi connectivity index (χ1v) is 9.40. The molecule has 0 saturated carbocycles. The van der Waals surface area contributed by atoms with E-state index in [4.69, 9.17) is 14.2 Å². The SMILES string of the molecule is CC(C)(C)OC(=O)NC(COCc1ccccc1)C(=O)N1CCOCC1CO. The van der Waals surface area contributed by atoms with Gasteiger partial charge in [-0.05, 0) is 26.3 Å². The van der Waals surface area contributed by atoms with Crippen LogP contribution < -0.4 is 5.32 Å². The highest BCUT2D eigenvalue weighted by molar-refractivity contribution is 5.86. The quantitative estimate of drug-likeness (QED) is 0.724. The summed E-state index contributed by atoms with van der Waals surface area (Å²) in [6.45, 7) is 6.32. The molecule has 1 aromatic rings. The summed E-state index contributed by atoms with van der Waals surface area (Å²) in [6, 6.07) is 8.18. The zero-order valence-corrected chi connectivity index (χ0v) is 16.7. The Kier molecular flexibility index (Phi) is 8.22. The number of alkyl carbamates (subject to hydrolysis) is 1. The minimum absolute atomic E-state index is 0.0114. The van der Waals surface area contributed by atoms with Crippen LogP contribution in [0.25, 0.3) is 0 Å². The van der Waals surface area contributed by atoms with Crippen LogP contribution in [0.15, 0.2) is 30.3 Å². The summed E-state index contributed by atoms with van der Waals surface area (Å²) in [4.78, 5) is 26.8. The van der Waals surface area contributed by atoms with Crippen LogP contribution in [-0.4, -0.2) is 72.7 Å². The molecule has 28 heavy (non-hydrogen) atoms. The van der Waals surface area contributed by atoms with Crippen molar-refractivity contribution in [3.8, 4) is 0 Å². The molecule has 2 N–H and O–H groups in total. The minimum Gasteiger partial charge on any atom is -0.444 e. The van der Waals surface area contributed by atoms with E-state index in [0.717, 1.165) is 5.56 Å². The molecule has 2 unspecified atom stereocenters. The fourth-order valence-electron chi connectivity index (χ4n) is 2.79. The van der Waals surface area contributed by atoms with Crippen LogP contribution in [0.4, 0.5) is 4.79 Å². The molecule has 2 atom stereocenters. The number of aliphatic hydroxyl groups is 1. The topological polar surface area (TPSA) is 97.3 Å². The van der Waals surface area contributed by atoms with Gasteiger partial charge in [-0.3, -0.25) is 4.79 Å². The Hall–Kier alpha value is -2.16. The summed E-state index contributed by atoms with van der Waals surface area (Å²) in [6.07, 6.45) is -0.692. The number of nitrogens with one attached hydrogen (secondary N) is 1. The monoisotopic (exact) mass is 394 g/mol. The Bertz CT molecular complexity index is 631. The van der Waals surface area contributed by atoms with Gasteiger partial charge in [0.1, 0.15) is 11.6 Å². The molecule has 156 valence electrons. The van der Waals surface area contributed by atoms with Gasteiger partial charge < -0.3 is 29.5 Å². The highest BCUT2D eigenvalue weighted by Gasteiger charge is 2.33. The Morgan fingerprint density at radius 2 is 2.04 bits per heavy atom. The molecule has 0 aromatic heterocycles. The molecule has 8 heteroatoms. The number of carbonyl (C=O) groups excluding carboxylic acids is 2. The van der Waals surface area contributed by atoms with Gasteiger partial charge in [0.25, 0.3) is 0 Å². The lowest BCUT2D eigenvalue weighted by atomic mass is 10.1. The van der Waals surface area contributed by atoms with E-state index in [1.54, 1.807) is 20.8 Å². The second-order valence-corrected chi connectivity index (χ2v) is 7.64. The van der Waals surface area contributed by atoms with Crippen molar-refractivity contribution in [3.05, 3.63) is 35.9 Å². The van der Waals surface area contributed by atoms with E-state index in [0.29, 0.717) is 19.8 Å². The van der Waals surface area contributed by atoms with E-state index in [1.165, 1.54) is 4.90 Å². The predicted octanol–water partition coefficient (Wildman–Crippen LogP) is 1.32. The van der Waals surface area contributed by atoms with Gasteiger partial charge in [-0.2, -0.15) is 0 Å². The zero-order chi connectivity index (χ0) is 20.6. The van der Waals surface area contributed by atoms with Crippen molar-refractivity contribution in [1.82, 2.24) is 10.2 Å². The number of nitrogens with zero attached hydrogens (tertiary/aromatic N) is 1. The second-order valence-electron chi connectivity index (χ2n) is 7.64. The Morgan fingerprint density at radius 1 is 1.32 bits per heavy atom. The number of hydrogen-bond acceptors (Lipinski definition) is 6. The lowest BCUT2D eigenvalue weighted by Crippen LogP contribution is -2.58. The number of amides is 2. The first-order chi connectivity index (χ1) is 13.3. The number of hydrogen-bond donors (Lipinski definition) is 2. The van der Waals surface area contributed by atoms with Crippen LogP contribution in [0.5, 0.6) is 0 Å². The van der Waals surface area contributed by atoms with E-state index in [9.17, 15) is 14.7 Å². The molecular formula is C20H30N2O6. The molecule has 1 aromatic carbocycles. The van der Waals surface area contributed by atoms with Gasteiger partial charge in [-0.1, -0.05) is 30.3 Å². The molecule has 2 rings (SSSR count). The fourth-order valence-corrected chi connectivity index (χ4v) is 2.79. The lowest BCUT2D eigenvalue weighted by molar-refractivity contribution is -0.145. The van der Waals surface area contributed by atoms with Gasteiger partial charge in [0.2, 0.25) is 5.91 Å². The third kappa shape index (κ3) is 7.10. The zero-order valence-electron chi connectivity index (χ0n) is 16.7. The fraction of sp³-hybridized carbons (Fsp3) is 0.600. The average Bonchev–Trinajstić information content (AvgIpc) is 2.66. The van der Waals surface area contributed by atoms with Crippen LogP contribution in [0, 0.1) is 0 Å². The van der Waals surface area contributed by atoms with E-state index in [1.807, 2.05) is 30.3 Å². The Labute approximate surface area is 165 Å². The molecule has 0 aliphatic carbocycles. The van der Waals surface area contributed by atoms with Gasteiger partial charge >= 0.3 is 6.09 Å². The van der Waals surface area contributed by atoms with Gasteiger partial charge in [0.05, 0.1) is 39.1 Å². The smallest absolute Gasteiger partial charge is 0.408 e. The van der Waals surface area contributed by atoms with E-state index >= 15 is 0 Å².